The van der Waals surface area contributed by atoms with Crippen molar-refractivity contribution in [1.82, 2.24) is 9.47 Å². The number of aromatic nitrogens is 1. The van der Waals surface area contributed by atoms with Crippen molar-refractivity contribution in [2.75, 3.05) is 18.4 Å². The quantitative estimate of drug-likeness (QED) is 0.730. The van der Waals surface area contributed by atoms with Gasteiger partial charge in [0.25, 0.3) is 0 Å². The summed E-state index contributed by atoms with van der Waals surface area (Å²) in [6, 6.07) is 12.1. The molecule has 28 heavy (non-hydrogen) atoms. The third kappa shape index (κ3) is 4.00. The van der Waals surface area contributed by atoms with Crippen molar-refractivity contribution in [3.8, 4) is 0 Å². The van der Waals surface area contributed by atoms with Crippen molar-refractivity contribution < 1.29 is 9.18 Å². The average Bonchev–Trinajstić information content (AvgIpc) is 2.97. The van der Waals surface area contributed by atoms with Crippen molar-refractivity contribution in [2.24, 2.45) is 13.0 Å². The Kier molecular flexibility index (Phi) is 5.28. The van der Waals surface area contributed by atoms with Gasteiger partial charge in [0.1, 0.15) is 5.82 Å². The molecule has 146 valence electrons. The molecule has 0 radical (unpaired) electrons. The van der Waals surface area contributed by atoms with E-state index in [1.807, 2.05) is 18.2 Å². The molecule has 1 aliphatic heterocycles. The van der Waals surface area contributed by atoms with E-state index in [2.05, 4.69) is 10.2 Å². The fourth-order valence-electron chi connectivity index (χ4n) is 3.72. The number of nitrogens with one attached hydrogen (secondary N) is 1. The van der Waals surface area contributed by atoms with Crippen LogP contribution in [0.5, 0.6) is 0 Å². The Morgan fingerprint density at radius 1 is 1.25 bits per heavy atom. The molecule has 1 unspecified atom stereocenters. The normalized spacial score (nSPS) is 17.7. The number of nitrogens with zero attached hydrogens (tertiary/aromatic N) is 2. The fraction of sp³-hybridized carbons (Fsp3) is 0.333. The monoisotopic (exact) mass is 399 g/mol. The highest BCUT2D eigenvalue weighted by atomic mass is 32.1. The smallest absolute Gasteiger partial charge is 0.307 e. The van der Waals surface area contributed by atoms with Gasteiger partial charge in [0.15, 0.2) is 0 Å². The van der Waals surface area contributed by atoms with Gasteiger partial charge in [0.2, 0.25) is 5.91 Å². The molecule has 4 rings (SSSR count). The maximum Gasteiger partial charge on any atom is 0.307 e. The molecule has 1 fully saturated rings. The predicted molar refractivity (Wildman–Crippen MR) is 110 cm³/mol. The van der Waals surface area contributed by atoms with E-state index in [4.69, 9.17) is 0 Å². The first-order valence-electron chi connectivity index (χ1n) is 9.37. The average molecular weight is 399 g/mol. The van der Waals surface area contributed by atoms with E-state index >= 15 is 0 Å². The molecule has 0 spiro atoms. The second kappa shape index (κ2) is 7.85. The molecule has 0 bridgehead atoms. The van der Waals surface area contributed by atoms with Crippen LogP contribution in [0.15, 0.2) is 47.3 Å². The van der Waals surface area contributed by atoms with Gasteiger partial charge in [-0.05, 0) is 55.3 Å². The van der Waals surface area contributed by atoms with Gasteiger partial charge in [-0.2, -0.15) is 0 Å². The van der Waals surface area contributed by atoms with E-state index < -0.39 is 0 Å². The van der Waals surface area contributed by atoms with Gasteiger partial charge in [-0.25, -0.2) is 4.39 Å². The molecule has 1 amide bonds. The molecule has 1 saturated heterocycles. The Labute approximate surface area is 166 Å². The number of thiazole rings is 1. The zero-order valence-corrected chi connectivity index (χ0v) is 16.5. The number of carbonyl (C=O) groups excluding carboxylic acids is 1. The summed E-state index contributed by atoms with van der Waals surface area (Å²) in [4.78, 5) is 26.8. The number of likely N-dealkylation sites (tertiary alicyclic amines) is 1. The Morgan fingerprint density at radius 3 is 2.82 bits per heavy atom. The van der Waals surface area contributed by atoms with Crippen LogP contribution < -0.4 is 10.2 Å². The molecule has 1 aromatic heterocycles. The summed E-state index contributed by atoms with van der Waals surface area (Å²) in [5.41, 5.74) is 2.64. The van der Waals surface area contributed by atoms with Crippen LogP contribution in [0.2, 0.25) is 0 Å². The Morgan fingerprint density at radius 2 is 2.04 bits per heavy atom. The first-order chi connectivity index (χ1) is 13.5. The summed E-state index contributed by atoms with van der Waals surface area (Å²) in [6.45, 7) is 2.34. The summed E-state index contributed by atoms with van der Waals surface area (Å²) < 4.78 is 15.6. The van der Waals surface area contributed by atoms with E-state index in [0.29, 0.717) is 13.1 Å². The number of hydrogen-bond acceptors (Lipinski definition) is 4. The van der Waals surface area contributed by atoms with Crippen LogP contribution in [0.1, 0.15) is 18.4 Å². The van der Waals surface area contributed by atoms with Crippen molar-refractivity contribution in [3.05, 3.63) is 63.5 Å². The van der Waals surface area contributed by atoms with Crippen LogP contribution in [-0.4, -0.2) is 28.5 Å². The summed E-state index contributed by atoms with van der Waals surface area (Å²) in [7, 11) is 1.75. The lowest BCUT2D eigenvalue weighted by Gasteiger charge is -2.32. The van der Waals surface area contributed by atoms with Crippen LogP contribution in [0.3, 0.4) is 0 Å². The first-order valence-corrected chi connectivity index (χ1v) is 10.2. The molecule has 0 saturated carbocycles. The molecule has 2 aromatic carbocycles. The maximum atomic E-state index is 13.1. The van der Waals surface area contributed by atoms with E-state index in [9.17, 15) is 14.0 Å². The van der Waals surface area contributed by atoms with Crippen molar-refractivity contribution in [1.29, 1.82) is 0 Å². The zero-order chi connectivity index (χ0) is 19.7. The van der Waals surface area contributed by atoms with Crippen molar-refractivity contribution in [2.45, 2.75) is 19.4 Å². The number of rotatable bonds is 4. The lowest BCUT2D eigenvalue weighted by atomic mass is 9.96. The Balaban J connectivity index is 1.41. The number of halogens is 1. The zero-order valence-electron chi connectivity index (χ0n) is 15.7. The van der Waals surface area contributed by atoms with E-state index in [1.165, 1.54) is 23.5 Å². The molecule has 1 N–H and O–H groups in total. The van der Waals surface area contributed by atoms with Crippen LogP contribution in [0, 0.1) is 11.7 Å². The van der Waals surface area contributed by atoms with Crippen molar-refractivity contribution in [3.63, 3.8) is 0 Å². The fourth-order valence-corrected chi connectivity index (χ4v) is 4.64. The molecule has 7 heteroatoms. The topological polar surface area (TPSA) is 54.3 Å². The number of benzene rings is 2. The Bertz CT molecular complexity index is 1060. The molecular formula is C21H22FN3O2S. The second-order valence-electron chi connectivity index (χ2n) is 7.30. The second-order valence-corrected chi connectivity index (χ2v) is 8.29. The number of amides is 1. The lowest BCUT2D eigenvalue weighted by molar-refractivity contribution is -0.121. The summed E-state index contributed by atoms with van der Waals surface area (Å²) in [5, 5.41) is 3.00. The van der Waals surface area contributed by atoms with Crippen LogP contribution in [0.4, 0.5) is 10.1 Å². The first kappa shape index (κ1) is 18.8. The number of hydrogen-bond donors (Lipinski definition) is 1. The van der Waals surface area contributed by atoms with Crippen LogP contribution in [-0.2, 0) is 18.4 Å². The number of fused-ring (bicyclic) bond motifs is 1. The third-order valence-electron chi connectivity index (χ3n) is 5.26. The number of piperidine rings is 1. The predicted octanol–water partition coefficient (Wildman–Crippen LogP) is 3.59. The minimum absolute atomic E-state index is 0.00596. The molecule has 5 nitrogen and oxygen atoms in total. The van der Waals surface area contributed by atoms with E-state index in [-0.39, 0.29) is 22.5 Å². The minimum atomic E-state index is -0.236. The third-order valence-corrected chi connectivity index (χ3v) is 6.25. The lowest BCUT2D eigenvalue weighted by Crippen LogP contribution is -2.40. The molecule has 0 aliphatic carbocycles. The highest BCUT2D eigenvalue weighted by Crippen LogP contribution is 2.24. The Hall–Kier alpha value is -2.51. The number of aryl methyl sites for hydroxylation is 1. The van der Waals surface area contributed by atoms with Crippen LogP contribution in [0.25, 0.3) is 10.2 Å². The van der Waals surface area contributed by atoms with Gasteiger partial charge in [-0.3, -0.25) is 14.5 Å². The highest BCUT2D eigenvalue weighted by Gasteiger charge is 2.26. The number of anilines is 1. The van der Waals surface area contributed by atoms with Crippen LogP contribution >= 0.6 is 11.3 Å². The highest BCUT2D eigenvalue weighted by molar-refractivity contribution is 7.16. The minimum Gasteiger partial charge on any atom is -0.326 e. The molecule has 3 aromatic rings. The van der Waals surface area contributed by atoms with Gasteiger partial charge in [-0.1, -0.05) is 23.5 Å². The van der Waals surface area contributed by atoms with E-state index in [1.54, 1.807) is 23.7 Å². The van der Waals surface area contributed by atoms with E-state index in [0.717, 1.165) is 40.9 Å². The van der Waals surface area contributed by atoms with Gasteiger partial charge in [-0.15, -0.1) is 0 Å². The maximum absolute atomic E-state index is 13.1. The molecule has 2 heterocycles. The summed E-state index contributed by atoms with van der Waals surface area (Å²) >= 11 is 1.18. The summed E-state index contributed by atoms with van der Waals surface area (Å²) in [5.74, 6) is -0.314. The van der Waals surface area contributed by atoms with Gasteiger partial charge in [0, 0.05) is 25.8 Å². The summed E-state index contributed by atoms with van der Waals surface area (Å²) in [6.07, 6.45) is 1.81. The molecule has 1 aliphatic rings. The SMILES string of the molecule is Cn1c(=O)sc2cc(NC(=O)C3CCCN(Cc4ccc(F)cc4)C3)ccc21. The molecule has 1 atom stereocenters. The standard InChI is InChI=1S/C21H22FN3O2S/c1-24-18-9-8-17(11-19(18)28-21(24)27)23-20(26)15-3-2-10-25(13-15)12-14-4-6-16(22)7-5-14/h4-9,11,15H,2-3,10,12-13H2,1H3,(H,23,26). The largest absolute Gasteiger partial charge is 0.326 e. The number of carbonyl (C=O) groups is 1. The van der Waals surface area contributed by atoms with Gasteiger partial charge >= 0.3 is 4.87 Å². The van der Waals surface area contributed by atoms with Gasteiger partial charge in [0.05, 0.1) is 16.1 Å². The molecular weight excluding hydrogens is 377 g/mol. The van der Waals surface area contributed by atoms with Crippen molar-refractivity contribution >= 4 is 33.1 Å². The van der Waals surface area contributed by atoms with Gasteiger partial charge < -0.3 is 9.88 Å².